The second kappa shape index (κ2) is 7.17. The highest BCUT2D eigenvalue weighted by Gasteiger charge is 2.20. The van der Waals surface area contributed by atoms with Crippen molar-refractivity contribution in [2.75, 3.05) is 13.7 Å². The van der Waals surface area contributed by atoms with Crippen LogP contribution < -0.4 is 10.1 Å². The summed E-state index contributed by atoms with van der Waals surface area (Å²) in [6, 6.07) is 4.07. The first-order chi connectivity index (χ1) is 10.1. The van der Waals surface area contributed by atoms with Gasteiger partial charge in [0, 0.05) is 24.7 Å². The summed E-state index contributed by atoms with van der Waals surface area (Å²) in [5, 5.41) is 7.41. The van der Waals surface area contributed by atoms with Crippen LogP contribution in [0.1, 0.15) is 44.0 Å². The number of hydrogen-bond donors (Lipinski definition) is 1. The summed E-state index contributed by atoms with van der Waals surface area (Å²) in [5.74, 6) is 2.12. The fourth-order valence-electron chi connectivity index (χ4n) is 2.06. The first kappa shape index (κ1) is 15.4. The predicted molar refractivity (Wildman–Crippen MR) is 79.4 cm³/mol. The van der Waals surface area contributed by atoms with Gasteiger partial charge in [0.15, 0.2) is 5.82 Å². The molecule has 0 bridgehead atoms. The summed E-state index contributed by atoms with van der Waals surface area (Å²) in [5.41, 5.74) is 1.02. The Morgan fingerprint density at radius 2 is 2.14 bits per heavy atom. The van der Waals surface area contributed by atoms with Crippen LogP contribution in [0.4, 0.5) is 0 Å². The van der Waals surface area contributed by atoms with Crippen molar-refractivity contribution in [2.45, 2.75) is 39.2 Å². The van der Waals surface area contributed by atoms with E-state index >= 15 is 0 Å². The van der Waals surface area contributed by atoms with Crippen LogP contribution in [0.5, 0.6) is 5.88 Å². The highest BCUT2D eigenvalue weighted by atomic mass is 16.5. The maximum atomic E-state index is 5.36. The van der Waals surface area contributed by atoms with Crippen LogP contribution >= 0.6 is 0 Å². The van der Waals surface area contributed by atoms with E-state index in [0.717, 1.165) is 12.1 Å². The average molecular weight is 290 g/mol. The van der Waals surface area contributed by atoms with Crippen LogP contribution in [0.25, 0.3) is 0 Å². The minimum Gasteiger partial charge on any atom is -0.481 e. The molecule has 6 nitrogen and oxygen atoms in total. The molecule has 21 heavy (non-hydrogen) atoms. The average Bonchev–Trinajstić information content (AvgIpc) is 2.96. The van der Waals surface area contributed by atoms with Gasteiger partial charge in [-0.1, -0.05) is 25.1 Å². The van der Waals surface area contributed by atoms with Gasteiger partial charge < -0.3 is 14.6 Å². The van der Waals surface area contributed by atoms with E-state index < -0.39 is 0 Å². The van der Waals surface area contributed by atoms with Gasteiger partial charge in [-0.05, 0) is 19.0 Å². The fourth-order valence-corrected chi connectivity index (χ4v) is 2.06. The van der Waals surface area contributed by atoms with Gasteiger partial charge in [-0.2, -0.15) is 4.98 Å². The molecule has 0 aliphatic carbocycles. The number of rotatable bonds is 7. The normalized spacial score (nSPS) is 13.9. The van der Waals surface area contributed by atoms with E-state index in [4.69, 9.17) is 9.26 Å². The van der Waals surface area contributed by atoms with E-state index in [2.05, 4.69) is 41.2 Å². The number of hydrogen-bond acceptors (Lipinski definition) is 6. The van der Waals surface area contributed by atoms with E-state index in [1.54, 1.807) is 13.3 Å². The summed E-state index contributed by atoms with van der Waals surface area (Å²) in [7, 11) is 1.60. The lowest BCUT2D eigenvalue weighted by molar-refractivity contribution is 0.330. The van der Waals surface area contributed by atoms with Crippen LogP contribution in [-0.2, 0) is 6.42 Å². The summed E-state index contributed by atoms with van der Waals surface area (Å²) in [6.45, 7) is 7.20. The molecule has 1 N–H and O–H groups in total. The van der Waals surface area contributed by atoms with Crippen LogP contribution in [0, 0.1) is 0 Å². The standard InChI is InChI=1S/C15H22N4O2/c1-5-16-11(3)10(2)15-18-13(19-21-15)8-12-6-7-14(20-4)17-9-12/h6-7,9-11,16H,5,8H2,1-4H3. The molecule has 2 rings (SSSR count). The number of nitrogens with zero attached hydrogens (tertiary/aromatic N) is 3. The molecule has 0 saturated carbocycles. The summed E-state index contributed by atoms with van der Waals surface area (Å²) >= 11 is 0. The Kier molecular flexibility index (Phi) is 5.27. The molecule has 0 aliphatic heterocycles. The van der Waals surface area contributed by atoms with Crippen LogP contribution in [-0.4, -0.2) is 34.8 Å². The third kappa shape index (κ3) is 4.01. The van der Waals surface area contributed by atoms with Crippen molar-refractivity contribution >= 4 is 0 Å². The summed E-state index contributed by atoms with van der Waals surface area (Å²) in [6.07, 6.45) is 2.36. The highest BCUT2D eigenvalue weighted by molar-refractivity contribution is 5.20. The largest absolute Gasteiger partial charge is 0.481 e. The molecular weight excluding hydrogens is 268 g/mol. The van der Waals surface area contributed by atoms with E-state index in [0.29, 0.717) is 30.1 Å². The van der Waals surface area contributed by atoms with Crippen molar-refractivity contribution in [3.05, 3.63) is 35.6 Å². The van der Waals surface area contributed by atoms with Crippen LogP contribution in [0.15, 0.2) is 22.9 Å². The molecular formula is C15H22N4O2. The topological polar surface area (TPSA) is 73.1 Å². The van der Waals surface area contributed by atoms with Gasteiger partial charge in [-0.3, -0.25) is 0 Å². The quantitative estimate of drug-likeness (QED) is 0.842. The minimum absolute atomic E-state index is 0.181. The van der Waals surface area contributed by atoms with Crippen molar-refractivity contribution in [1.29, 1.82) is 0 Å². The molecule has 0 amide bonds. The lowest BCUT2D eigenvalue weighted by atomic mass is 10.0. The van der Waals surface area contributed by atoms with E-state index in [-0.39, 0.29) is 5.92 Å². The SMILES string of the molecule is CCNC(C)C(C)c1nc(Cc2ccc(OC)nc2)no1. The molecule has 2 heterocycles. The summed E-state index contributed by atoms with van der Waals surface area (Å²) in [4.78, 5) is 8.64. The van der Waals surface area contributed by atoms with Gasteiger partial charge in [0.1, 0.15) is 0 Å². The maximum Gasteiger partial charge on any atom is 0.231 e. The van der Waals surface area contributed by atoms with Crippen molar-refractivity contribution < 1.29 is 9.26 Å². The number of pyridine rings is 1. The predicted octanol–water partition coefficient (Wildman–Crippen LogP) is 2.17. The molecule has 2 atom stereocenters. The van der Waals surface area contributed by atoms with Crippen LogP contribution in [0.3, 0.4) is 0 Å². The number of aromatic nitrogens is 3. The first-order valence-electron chi connectivity index (χ1n) is 7.18. The Hall–Kier alpha value is -1.95. The van der Waals surface area contributed by atoms with Crippen molar-refractivity contribution in [3.8, 4) is 5.88 Å². The zero-order chi connectivity index (χ0) is 15.2. The molecule has 0 saturated heterocycles. The monoisotopic (exact) mass is 290 g/mol. The van der Waals surface area contributed by atoms with Gasteiger partial charge in [-0.25, -0.2) is 4.98 Å². The Balaban J connectivity index is 2.02. The maximum absolute atomic E-state index is 5.36. The molecule has 6 heteroatoms. The zero-order valence-electron chi connectivity index (χ0n) is 13.0. The number of methoxy groups -OCH3 is 1. The van der Waals surface area contributed by atoms with Crippen molar-refractivity contribution in [1.82, 2.24) is 20.4 Å². The minimum atomic E-state index is 0.181. The van der Waals surface area contributed by atoms with Gasteiger partial charge in [0.25, 0.3) is 0 Å². The third-order valence-electron chi connectivity index (χ3n) is 3.52. The van der Waals surface area contributed by atoms with E-state index in [1.807, 2.05) is 12.1 Å². The second-order valence-corrected chi connectivity index (χ2v) is 5.07. The Labute approximate surface area is 124 Å². The Bertz CT molecular complexity index is 553. The lowest BCUT2D eigenvalue weighted by Crippen LogP contribution is -2.30. The van der Waals surface area contributed by atoms with Crippen molar-refractivity contribution in [2.24, 2.45) is 0 Å². The molecule has 0 spiro atoms. The molecule has 0 aromatic carbocycles. The van der Waals surface area contributed by atoms with E-state index in [9.17, 15) is 0 Å². The van der Waals surface area contributed by atoms with Gasteiger partial charge in [-0.15, -0.1) is 0 Å². The zero-order valence-corrected chi connectivity index (χ0v) is 13.0. The molecule has 0 radical (unpaired) electrons. The molecule has 114 valence electrons. The third-order valence-corrected chi connectivity index (χ3v) is 3.52. The number of ether oxygens (including phenoxy) is 1. The highest BCUT2D eigenvalue weighted by Crippen LogP contribution is 2.18. The number of likely N-dealkylation sites (N-methyl/N-ethyl adjacent to an activating group) is 1. The molecule has 0 fully saturated rings. The molecule has 0 aliphatic rings. The molecule has 2 aromatic rings. The number of nitrogens with one attached hydrogen (secondary N) is 1. The van der Waals surface area contributed by atoms with Crippen LogP contribution in [0.2, 0.25) is 0 Å². The molecule has 2 aromatic heterocycles. The Morgan fingerprint density at radius 1 is 1.33 bits per heavy atom. The molecule has 2 unspecified atom stereocenters. The van der Waals surface area contributed by atoms with Crippen molar-refractivity contribution in [3.63, 3.8) is 0 Å². The van der Waals surface area contributed by atoms with E-state index in [1.165, 1.54) is 0 Å². The summed E-state index contributed by atoms with van der Waals surface area (Å²) < 4.78 is 10.4. The Morgan fingerprint density at radius 3 is 2.76 bits per heavy atom. The van der Waals surface area contributed by atoms with Gasteiger partial charge in [0.05, 0.1) is 13.0 Å². The van der Waals surface area contributed by atoms with Gasteiger partial charge in [0.2, 0.25) is 11.8 Å². The second-order valence-electron chi connectivity index (χ2n) is 5.07. The smallest absolute Gasteiger partial charge is 0.231 e. The first-order valence-corrected chi connectivity index (χ1v) is 7.18. The van der Waals surface area contributed by atoms with Gasteiger partial charge >= 0.3 is 0 Å². The fraction of sp³-hybridized carbons (Fsp3) is 0.533. The lowest BCUT2D eigenvalue weighted by Gasteiger charge is -2.16.